The lowest BCUT2D eigenvalue weighted by Crippen LogP contribution is -2.02. The zero-order valence-electron chi connectivity index (χ0n) is 9.54. The number of carbonyl (C=O) groups is 1. The second kappa shape index (κ2) is 7.14. The number of halogens is 2. The Morgan fingerprint density at radius 3 is 2.71 bits per heavy atom. The highest BCUT2D eigenvalue weighted by Crippen LogP contribution is 2.24. The van der Waals surface area contributed by atoms with Crippen LogP contribution in [0.4, 0.5) is 0 Å². The summed E-state index contributed by atoms with van der Waals surface area (Å²) in [6.45, 7) is 1.83. The van der Waals surface area contributed by atoms with Gasteiger partial charge in [0.15, 0.2) is 0 Å². The van der Waals surface area contributed by atoms with Crippen molar-refractivity contribution in [2.45, 2.75) is 31.1 Å². The fourth-order valence-electron chi connectivity index (χ4n) is 1.34. The Morgan fingerprint density at radius 2 is 2.06 bits per heavy atom. The molecule has 0 radical (unpaired) electrons. The van der Waals surface area contributed by atoms with E-state index in [0.29, 0.717) is 40.0 Å². The molecule has 0 heterocycles. The van der Waals surface area contributed by atoms with E-state index in [2.05, 4.69) is 0 Å². The third-order valence-corrected chi connectivity index (χ3v) is 4.48. The molecule has 0 bridgehead atoms. The molecule has 0 aliphatic carbocycles. The van der Waals surface area contributed by atoms with Gasteiger partial charge in [-0.25, -0.2) is 0 Å². The monoisotopic (exact) mass is 292 g/mol. The van der Waals surface area contributed by atoms with Gasteiger partial charge < -0.3 is 0 Å². The van der Waals surface area contributed by atoms with Gasteiger partial charge in [0.05, 0.1) is 20.7 Å². The second-order valence-corrected chi connectivity index (χ2v) is 6.00. The molecule has 5 heteroatoms. The summed E-state index contributed by atoms with van der Waals surface area (Å²) in [5.74, 6) is 0.630. The molecular weight excluding hydrogens is 279 g/mol. The van der Waals surface area contributed by atoms with Crippen molar-refractivity contribution in [3.63, 3.8) is 0 Å². The van der Waals surface area contributed by atoms with E-state index in [4.69, 9.17) is 23.2 Å². The molecule has 1 aromatic rings. The fourth-order valence-corrected chi connectivity index (χ4v) is 3.12. The van der Waals surface area contributed by atoms with Gasteiger partial charge in [-0.2, -0.15) is 0 Å². The van der Waals surface area contributed by atoms with Crippen LogP contribution in [0, 0.1) is 0 Å². The van der Waals surface area contributed by atoms with Gasteiger partial charge in [0.1, 0.15) is 5.78 Å². The maximum absolute atomic E-state index is 11.9. The third-order valence-electron chi connectivity index (χ3n) is 2.32. The summed E-state index contributed by atoms with van der Waals surface area (Å²) in [5, 5.41) is 0.969. The first-order chi connectivity index (χ1) is 8.04. The predicted octanol–water partition coefficient (Wildman–Crippen LogP) is 3.86. The van der Waals surface area contributed by atoms with Crippen molar-refractivity contribution in [2.24, 2.45) is 0 Å². The summed E-state index contributed by atoms with van der Waals surface area (Å²) in [6.07, 6.45) is 1.62. The van der Waals surface area contributed by atoms with Gasteiger partial charge in [0.25, 0.3) is 0 Å². The molecule has 0 amide bonds. The van der Waals surface area contributed by atoms with Crippen molar-refractivity contribution < 1.29 is 9.00 Å². The zero-order valence-corrected chi connectivity index (χ0v) is 11.9. The van der Waals surface area contributed by atoms with E-state index in [1.54, 1.807) is 18.2 Å². The Labute approximate surface area is 114 Å². The summed E-state index contributed by atoms with van der Waals surface area (Å²) in [4.78, 5) is 11.6. The van der Waals surface area contributed by atoms with Gasteiger partial charge in [-0.3, -0.25) is 9.00 Å². The zero-order chi connectivity index (χ0) is 12.8. The largest absolute Gasteiger partial charge is 0.300 e. The van der Waals surface area contributed by atoms with Crippen molar-refractivity contribution in [1.82, 2.24) is 0 Å². The predicted molar refractivity (Wildman–Crippen MR) is 72.3 cm³/mol. The first-order valence-electron chi connectivity index (χ1n) is 5.39. The summed E-state index contributed by atoms with van der Waals surface area (Å²) in [5.41, 5.74) is 0. The van der Waals surface area contributed by atoms with E-state index >= 15 is 0 Å². The topological polar surface area (TPSA) is 34.1 Å². The molecule has 0 saturated carbocycles. The fraction of sp³-hybridized carbons (Fsp3) is 0.417. The minimum absolute atomic E-state index is 0.194. The van der Waals surface area contributed by atoms with Crippen molar-refractivity contribution in [3.8, 4) is 0 Å². The lowest BCUT2D eigenvalue weighted by atomic mass is 10.2. The molecular formula is C12H14Cl2O2S. The number of ketones is 1. The molecule has 0 spiro atoms. The minimum Gasteiger partial charge on any atom is -0.300 e. The molecule has 0 aliphatic heterocycles. The first-order valence-corrected chi connectivity index (χ1v) is 7.47. The molecule has 1 atom stereocenters. The Balaban J connectivity index is 2.58. The van der Waals surface area contributed by atoms with Crippen LogP contribution in [-0.4, -0.2) is 15.7 Å². The van der Waals surface area contributed by atoms with E-state index in [-0.39, 0.29) is 5.78 Å². The molecule has 0 N–H and O–H groups in total. The van der Waals surface area contributed by atoms with Gasteiger partial charge in [0.2, 0.25) is 0 Å². The highest BCUT2D eigenvalue weighted by atomic mass is 35.5. The van der Waals surface area contributed by atoms with Gasteiger partial charge >= 0.3 is 0 Å². The average Bonchev–Trinajstić information content (AvgIpc) is 2.31. The van der Waals surface area contributed by atoms with Crippen LogP contribution in [0.15, 0.2) is 23.1 Å². The maximum atomic E-state index is 11.9. The van der Waals surface area contributed by atoms with Crippen molar-refractivity contribution >= 4 is 39.8 Å². The lowest BCUT2D eigenvalue weighted by molar-refractivity contribution is -0.118. The van der Waals surface area contributed by atoms with Crippen LogP contribution in [-0.2, 0) is 15.6 Å². The van der Waals surface area contributed by atoms with Crippen molar-refractivity contribution in [2.75, 3.05) is 5.75 Å². The minimum atomic E-state index is -1.19. The Hall–Kier alpha value is -0.380. The molecule has 0 aromatic heterocycles. The number of Topliss-reactive ketones (excluding diaryl/α,β-unsaturated/α-hetero) is 1. The molecule has 1 unspecified atom stereocenters. The first kappa shape index (κ1) is 14.7. The molecule has 1 aromatic carbocycles. The second-order valence-electron chi connectivity index (χ2n) is 3.62. The highest BCUT2D eigenvalue weighted by molar-refractivity contribution is 7.85. The summed E-state index contributed by atoms with van der Waals surface area (Å²) >= 11 is 11.8. The van der Waals surface area contributed by atoms with E-state index in [1.165, 1.54) is 0 Å². The van der Waals surface area contributed by atoms with Crippen LogP contribution < -0.4 is 0 Å². The average molecular weight is 293 g/mol. The number of carbonyl (C=O) groups excluding carboxylic acids is 1. The standard InChI is InChI=1S/C12H14Cl2O2S/c1-2-10(15)4-3-7-17(16)12-8-9(13)5-6-11(12)14/h5-6,8H,2-4,7H2,1H3. The maximum Gasteiger partial charge on any atom is 0.132 e. The molecule has 0 aliphatic rings. The van der Waals surface area contributed by atoms with E-state index < -0.39 is 10.8 Å². The Kier molecular flexibility index (Phi) is 6.17. The van der Waals surface area contributed by atoms with Gasteiger partial charge in [-0.05, 0) is 24.6 Å². The van der Waals surface area contributed by atoms with Gasteiger partial charge in [0, 0.05) is 23.6 Å². The quantitative estimate of drug-likeness (QED) is 0.798. The molecule has 17 heavy (non-hydrogen) atoms. The van der Waals surface area contributed by atoms with E-state index in [1.807, 2.05) is 6.92 Å². The molecule has 1 rings (SSSR count). The van der Waals surface area contributed by atoms with Crippen LogP contribution in [0.1, 0.15) is 26.2 Å². The summed E-state index contributed by atoms with van der Waals surface area (Å²) < 4.78 is 11.9. The molecule has 94 valence electrons. The number of hydrogen-bond acceptors (Lipinski definition) is 2. The summed E-state index contributed by atoms with van der Waals surface area (Å²) in [7, 11) is -1.19. The van der Waals surface area contributed by atoms with E-state index in [0.717, 1.165) is 0 Å². The SMILES string of the molecule is CCC(=O)CCCS(=O)c1cc(Cl)ccc1Cl. The Morgan fingerprint density at radius 1 is 1.35 bits per heavy atom. The molecule has 0 saturated heterocycles. The highest BCUT2D eigenvalue weighted by Gasteiger charge is 2.10. The molecule has 2 nitrogen and oxygen atoms in total. The normalized spacial score (nSPS) is 12.4. The third kappa shape index (κ3) is 4.78. The lowest BCUT2D eigenvalue weighted by Gasteiger charge is -2.04. The number of rotatable bonds is 6. The van der Waals surface area contributed by atoms with Crippen LogP contribution in [0.2, 0.25) is 10.0 Å². The van der Waals surface area contributed by atoms with Gasteiger partial charge in [-0.1, -0.05) is 30.1 Å². The van der Waals surface area contributed by atoms with Crippen LogP contribution in [0.5, 0.6) is 0 Å². The van der Waals surface area contributed by atoms with Crippen LogP contribution in [0.3, 0.4) is 0 Å². The van der Waals surface area contributed by atoms with Crippen LogP contribution in [0.25, 0.3) is 0 Å². The van der Waals surface area contributed by atoms with Crippen molar-refractivity contribution in [1.29, 1.82) is 0 Å². The smallest absolute Gasteiger partial charge is 0.132 e. The van der Waals surface area contributed by atoms with Crippen molar-refractivity contribution in [3.05, 3.63) is 28.2 Å². The summed E-state index contributed by atoms with van der Waals surface area (Å²) in [6, 6.07) is 4.90. The van der Waals surface area contributed by atoms with Crippen LogP contribution >= 0.6 is 23.2 Å². The van der Waals surface area contributed by atoms with E-state index in [9.17, 15) is 9.00 Å². The molecule has 0 fully saturated rings. The Bertz CT molecular complexity index is 433. The number of benzene rings is 1. The number of hydrogen-bond donors (Lipinski definition) is 0. The van der Waals surface area contributed by atoms with Gasteiger partial charge in [-0.15, -0.1) is 0 Å².